The molecule has 1 aliphatic heterocycles. The van der Waals surface area contributed by atoms with Crippen LogP contribution in [0.15, 0.2) is 54.6 Å². The van der Waals surface area contributed by atoms with E-state index >= 15 is 0 Å². The van der Waals surface area contributed by atoms with Crippen LogP contribution in [-0.2, 0) is 6.54 Å². The van der Waals surface area contributed by atoms with Crippen LogP contribution in [0.5, 0.6) is 11.5 Å². The summed E-state index contributed by atoms with van der Waals surface area (Å²) in [6.07, 6.45) is 0. The molecule has 0 spiro atoms. The average molecular weight is 376 g/mol. The number of hydrogen-bond acceptors (Lipinski definition) is 6. The van der Waals surface area contributed by atoms with Gasteiger partial charge in [0.05, 0.1) is 0 Å². The monoisotopic (exact) mass is 376 g/mol. The molecular weight excluding hydrogens is 352 g/mol. The van der Waals surface area contributed by atoms with Crippen LogP contribution in [-0.4, -0.2) is 22.8 Å². The van der Waals surface area contributed by atoms with Crippen molar-refractivity contribution in [1.82, 2.24) is 9.97 Å². The van der Waals surface area contributed by atoms with E-state index < -0.39 is 0 Å². The zero-order valence-electron chi connectivity index (χ0n) is 16.3. The molecule has 6 nitrogen and oxygen atoms in total. The summed E-state index contributed by atoms with van der Waals surface area (Å²) >= 11 is 0. The van der Waals surface area contributed by atoms with Crippen LogP contribution in [0.1, 0.15) is 25.2 Å². The van der Waals surface area contributed by atoms with Crippen molar-refractivity contribution < 1.29 is 9.47 Å². The number of ether oxygens (including phenoxy) is 2. The lowest BCUT2D eigenvalue weighted by Crippen LogP contribution is -2.31. The molecule has 2 aromatic carbocycles. The Labute approximate surface area is 165 Å². The van der Waals surface area contributed by atoms with E-state index in [1.165, 1.54) is 5.56 Å². The first-order chi connectivity index (χ1) is 13.6. The molecule has 0 saturated heterocycles. The minimum Gasteiger partial charge on any atom is -0.454 e. The molecule has 0 amide bonds. The number of nitrogens with one attached hydrogen (secondary N) is 1. The largest absolute Gasteiger partial charge is 0.454 e. The summed E-state index contributed by atoms with van der Waals surface area (Å²) in [5.74, 6) is 3.87. The van der Waals surface area contributed by atoms with Crippen molar-refractivity contribution in [1.29, 1.82) is 0 Å². The van der Waals surface area contributed by atoms with E-state index in [1.54, 1.807) is 0 Å². The predicted molar refractivity (Wildman–Crippen MR) is 110 cm³/mol. The minimum atomic E-state index is 0.262. The fourth-order valence-corrected chi connectivity index (χ4v) is 3.19. The summed E-state index contributed by atoms with van der Waals surface area (Å²) in [6.45, 7) is 7.31. The summed E-state index contributed by atoms with van der Waals surface area (Å²) in [6, 6.07) is 18.5. The summed E-state index contributed by atoms with van der Waals surface area (Å²) in [4.78, 5) is 11.5. The highest BCUT2D eigenvalue weighted by atomic mass is 16.7. The van der Waals surface area contributed by atoms with Crippen LogP contribution in [0.2, 0.25) is 0 Å². The fourth-order valence-electron chi connectivity index (χ4n) is 3.19. The van der Waals surface area contributed by atoms with Gasteiger partial charge in [0.2, 0.25) is 6.79 Å². The van der Waals surface area contributed by atoms with Crippen LogP contribution < -0.4 is 19.7 Å². The predicted octanol–water partition coefficient (Wildman–Crippen LogP) is 4.67. The van der Waals surface area contributed by atoms with Gasteiger partial charge >= 0.3 is 0 Å². The zero-order chi connectivity index (χ0) is 19.5. The number of benzene rings is 2. The Kier molecular flexibility index (Phi) is 5.02. The SMILES string of the molecule is Cc1nc(Nc2ccc3c(c2)OCO3)cc(N(Cc2ccccc2)C(C)C)n1. The Morgan fingerprint density at radius 2 is 1.79 bits per heavy atom. The van der Waals surface area contributed by atoms with Gasteiger partial charge in [-0.15, -0.1) is 0 Å². The van der Waals surface area contributed by atoms with Gasteiger partial charge in [0.25, 0.3) is 0 Å². The highest BCUT2D eigenvalue weighted by Crippen LogP contribution is 2.35. The highest BCUT2D eigenvalue weighted by Gasteiger charge is 2.16. The maximum absolute atomic E-state index is 5.46. The first-order valence-electron chi connectivity index (χ1n) is 9.41. The van der Waals surface area contributed by atoms with Crippen LogP contribution in [0, 0.1) is 6.92 Å². The number of fused-ring (bicyclic) bond motifs is 1. The molecule has 6 heteroatoms. The smallest absolute Gasteiger partial charge is 0.231 e. The Morgan fingerprint density at radius 1 is 1.00 bits per heavy atom. The maximum atomic E-state index is 5.46. The molecule has 4 rings (SSSR count). The quantitative estimate of drug-likeness (QED) is 0.674. The normalized spacial score (nSPS) is 12.3. The minimum absolute atomic E-state index is 0.262. The maximum Gasteiger partial charge on any atom is 0.231 e. The number of aryl methyl sites for hydroxylation is 1. The third kappa shape index (κ3) is 4.01. The molecule has 1 aliphatic rings. The third-order valence-corrected chi connectivity index (χ3v) is 4.58. The molecule has 0 bridgehead atoms. The van der Waals surface area contributed by atoms with Crippen molar-refractivity contribution >= 4 is 17.3 Å². The molecule has 0 atom stereocenters. The molecule has 0 fully saturated rings. The van der Waals surface area contributed by atoms with E-state index in [1.807, 2.05) is 37.3 Å². The fraction of sp³-hybridized carbons (Fsp3) is 0.273. The number of nitrogens with zero attached hydrogens (tertiary/aromatic N) is 3. The highest BCUT2D eigenvalue weighted by molar-refractivity contribution is 5.64. The van der Waals surface area contributed by atoms with Gasteiger partial charge in [0.1, 0.15) is 17.5 Å². The molecule has 1 aromatic heterocycles. The lowest BCUT2D eigenvalue weighted by molar-refractivity contribution is 0.174. The summed E-state index contributed by atoms with van der Waals surface area (Å²) in [5.41, 5.74) is 2.14. The van der Waals surface area contributed by atoms with Gasteiger partial charge in [-0.1, -0.05) is 30.3 Å². The summed E-state index contributed by atoms with van der Waals surface area (Å²) in [7, 11) is 0. The molecular formula is C22H24N4O2. The molecule has 2 heterocycles. The van der Waals surface area contributed by atoms with Gasteiger partial charge in [-0.3, -0.25) is 0 Å². The van der Waals surface area contributed by atoms with E-state index in [0.717, 1.165) is 41.2 Å². The first-order valence-corrected chi connectivity index (χ1v) is 9.41. The van der Waals surface area contributed by atoms with E-state index in [2.05, 4.69) is 58.3 Å². The third-order valence-electron chi connectivity index (χ3n) is 4.58. The van der Waals surface area contributed by atoms with E-state index in [0.29, 0.717) is 6.04 Å². The summed E-state index contributed by atoms with van der Waals surface area (Å²) < 4.78 is 10.8. The van der Waals surface area contributed by atoms with Crippen molar-refractivity contribution in [3.8, 4) is 11.5 Å². The molecule has 28 heavy (non-hydrogen) atoms. The van der Waals surface area contributed by atoms with Crippen molar-refractivity contribution in [2.75, 3.05) is 17.0 Å². The number of anilines is 3. The second-order valence-corrected chi connectivity index (χ2v) is 7.06. The van der Waals surface area contributed by atoms with Crippen LogP contribution in [0.4, 0.5) is 17.3 Å². The average Bonchev–Trinajstić information content (AvgIpc) is 3.14. The molecule has 0 aliphatic carbocycles. The molecule has 0 unspecified atom stereocenters. The van der Waals surface area contributed by atoms with Gasteiger partial charge < -0.3 is 19.7 Å². The van der Waals surface area contributed by atoms with Gasteiger partial charge in [0.15, 0.2) is 11.5 Å². The summed E-state index contributed by atoms with van der Waals surface area (Å²) in [5, 5.41) is 3.36. The molecule has 0 saturated carbocycles. The van der Waals surface area contributed by atoms with Crippen molar-refractivity contribution in [3.63, 3.8) is 0 Å². The Hall–Kier alpha value is -3.28. The van der Waals surface area contributed by atoms with Gasteiger partial charge in [-0.25, -0.2) is 9.97 Å². The standard InChI is InChI=1S/C22H24N4O2/c1-15(2)26(13-17-7-5-4-6-8-17)22-12-21(23-16(3)24-22)25-18-9-10-19-20(11-18)28-14-27-19/h4-12,15H,13-14H2,1-3H3,(H,23,24,25). The van der Waals surface area contributed by atoms with Gasteiger partial charge in [-0.05, 0) is 38.5 Å². The first kappa shape index (κ1) is 18.1. The van der Waals surface area contributed by atoms with Gasteiger partial charge in [-0.2, -0.15) is 0 Å². The molecule has 3 aromatic rings. The van der Waals surface area contributed by atoms with Crippen molar-refractivity contribution in [3.05, 3.63) is 66.0 Å². The molecule has 1 N–H and O–H groups in total. The second-order valence-electron chi connectivity index (χ2n) is 7.06. The number of hydrogen-bond donors (Lipinski definition) is 1. The topological polar surface area (TPSA) is 59.5 Å². The lowest BCUT2D eigenvalue weighted by atomic mass is 10.2. The zero-order valence-corrected chi connectivity index (χ0v) is 16.3. The van der Waals surface area contributed by atoms with Crippen molar-refractivity contribution in [2.45, 2.75) is 33.4 Å². The van der Waals surface area contributed by atoms with Crippen LogP contribution in [0.25, 0.3) is 0 Å². The van der Waals surface area contributed by atoms with Crippen LogP contribution in [0.3, 0.4) is 0 Å². The second kappa shape index (κ2) is 7.76. The lowest BCUT2D eigenvalue weighted by Gasteiger charge is -2.28. The van der Waals surface area contributed by atoms with Crippen molar-refractivity contribution in [2.24, 2.45) is 0 Å². The Balaban J connectivity index is 1.60. The Bertz CT molecular complexity index is 960. The number of aromatic nitrogens is 2. The van der Waals surface area contributed by atoms with Gasteiger partial charge in [0, 0.05) is 30.4 Å². The molecule has 0 radical (unpaired) electrons. The van der Waals surface area contributed by atoms with Crippen LogP contribution >= 0.6 is 0 Å². The van der Waals surface area contributed by atoms with E-state index in [4.69, 9.17) is 9.47 Å². The van der Waals surface area contributed by atoms with E-state index in [9.17, 15) is 0 Å². The molecule has 144 valence electrons. The van der Waals surface area contributed by atoms with E-state index in [-0.39, 0.29) is 6.79 Å². The Morgan fingerprint density at radius 3 is 2.57 bits per heavy atom. The number of rotatable bonds is 6.